The quantitative estimate of drug-likeness (QED) is 0.505. The van der Waals surface area contributed by atoms with Crippen LogP contribution in [0, 0.1) is 11.8 Å². The Labute approximate surface area is 214 Å². The average Bonchev–Trinajstić information content (AvgIpc) is 3.55. The van der Waals surface area contributed by atoms with Crippen molar-refractivity contribution in [3.05, 3.63) is 60.2 Å². The van der Waals surface area contributed by atoms with Gasteiger partial charge in [0.05, 0.1) is 36.3 Å². The molecule has 3 aliphatic heterocycles. The van der Waals surface area contributed by atoms with E-state index in [0.29, 0.717) is 24.4 Å². The maximum Gasteiger partial charge on any atom is 0.248 e. The van der Waals surface area contributed by atoms with Gasteiger partial charge in [0.1, 0.15) is 11.8 Å². The third kappa shape index (κ3) is 4.04. The average molecular weight is 510 g/mol. The van der Waals surface area contributed by atoms with Crippen LogP contribution in [-0.4, -0.2) is 63.5 Å². The molecule has 0 saturated carbocycles. The fourth-order valence-electron chi connectivity index (χ4n) is 6.04. The summed E-state index contributed by atoms with van der Waals surface area (Å²) in [6.07, 6.45) is 1.45. The lowest BCUT2D eigenvalue weighted by Gasteiger charge is -2.36. The van der Waals surface area contributed by atoms with Gasteiger partial charge in [0.25, 0.3) is 0 Å². The number of aliphatic hydroxyl groups excluding tert-OH is 1. The van der Waals surface area contributed by atoms with E-state index in [1.807, 2.05) is 30.3 Å². The van der Waals surface area contributed by atoms with E-state index in [1.54, 1.807) is 50.1 Å². The summed E-state index contributed by atoms with van der Waals surface area (Å²) < 4.78 is 4.50. The van der Waals surface area contributed by atoms with Crippen molar-refractivity contribution in [2.45, 2.75) is 48.4 Å². The van der Waals surface area contributed by atoms with Crippen LogP contribution in [0.2, 0.25) is 0 Å². The Morgan fingerprint density at radius 1 is 1.17 bits per heavy atom. The molecule has 0 aromatic heterocycles. The molecular weight excluding hydrogens is 478 g/mol. The lowest BCUT2D eigenvalue weighted by molar-refractivity contribution is -0.141. The summed E-state index contributed by atoms with van der Waals surface area (Å²) in [5.41, 5.74) is 1.58. The minimum absolute atomic E-state index is 0.0161. The van der Waals surface area contributed by atoms with E-state index < -0.39 is 28.7 Å². The molecular formula is C27H31N3O5S. The first-order chi connectivity index (χ1) is 17.4. The summed E-state index contributed by atoms with van der Waals surface area (Å²) in [4.78, 5) is 42.5. The van der Waals surface area contributed by atoms with Crippen molar-refractivity contribution in [3.8, 4) is 5.75 Å². The van der Waals surface area contributed by atoms with Gasteiger partial charge >= 0.3 is 0 Å². The lowest BCUT2D eigenvalue weighted by atomic mass is 9.70. The van der Waals surface area contributed by atoms with E-state index in [1.165, 1.54) is 4.90 Å². The predicted molar refractivity (Wildman–Crippen MR) is 137 cm³/mol. The first-order valence-electron chi connectivity index (χ1n) is 12.3. The molecule has 2 aromatic rings. The molecule has 0 aliphatic carbocycles. The number of carbonyl (C=O) groups excluding carboxylic acids is 3. The van der Waals surface area contributed by atoms with Crippen molar-refractivity contribution in [1.29, 1.82) is 0 Å². The lowest BCUT2D eigenvalue weighted by Crippen LogP contribution is -2.54. The fourth-order valence-corrected chi connectivity index (χ4v) is 8.25. The monoisotopic (exact) mass is 509 g/mol. The normalized spacial score (nSPS) is 29.1. The zero-order valence-electron chi connectivity index (χ0n) is 20.3. The molecule has 190 valence electrons. The van der Waals surface area contributed by atoms with Gasteiger partial charge in [-0.25, -0.2) is 0 Å². The molecule has 1 spiro atoms. The zero-order chi connectivity index (χ0) is 25.4. The Bertz CT molecular complexity index is 1140. The number of likely N-dealkylation sites (tertiary alicyclic amines) is 1. The second-order valence-electron chi connectivity index (χ2n) is 9.75. The molecule has 9 heteroatoms. The Morgan fingerprint density at radius 3 is 2.56 bits per heavy atom. The summed E-state index contributed by atoms with van der Waals surface area (Å²) >= 11 is 1.61. The molecule has 0 radical (unpaired) electrons. The highest BCUT2D eigenvalue weighted by atomic mass is 32.2. The number of anilines is 1. The number of carbonyl (C=O) groups is 3. The molecule has 8 nitrogen and oxygen atoms in total. The Kier molecular flexibility index (Phi) is 6.70. The molecule has 36 heavy (non-hydrogen) atoms. The minimum Gasteiger partial charge on any atom is -0.497 e. The number of nitrogens with one attached hydrogen (secondary N) is 2. The van der Waals surface area contributed by atoms with Crippen LogP contribution < -0.4 is 15.4 Å². The van der Waals surface area contributed by atoms with Crippen LogP contribution in [0.25, 0.3) is 0 Å². The van der Waals surface area contributed by atoms with Crippen LogP contribution >= 0.6 is 11.8 Å². The van der Waals surface area contributed by atoms with E-state index in [9.17, 15) is 19.5 Å². The number of nitrogens with zero attached hydrogens (tertiary/aromatic N) is 1. The first kappa shape index (κ1) is 24.6. The third-order valence-electron chi connectivity index (χ3n) is 7.70. The van der Waals surface area contributed by atoms with Gasteiger partial charge in [-0.15, -0.1) is 11.8 Å². The van der Waals surface area contributed by atoms with Gasteiger partial charge in [-0.05, 0) is 49.6 Å². The number of amides is 3. The van der Waals surface area contributed by atoms with Crippen molar-refractivity contribution in [2.75, 3.05) is 19.0 Å². The van der Waals surface area contributed by atoms with E-state index >= 15 is 0 Å². The van der Waals surface area contributed by atoms with Gasteiger partial charge in [-0.1, -0.05) is 30.3 Å². The van der Waals surface area contributed by atoms with Crippen molar-refractivity contribution >= 4 is 35.2 Å². The molecule has 3 amide bonds. The van der Waals surface area contributed by atoms with Crippen LogP contribution in [0.5, 0.6) is 5.75 Å². The number of aliphatic hydroxyl groups is 1. The van der Waals surface area contributed by atoms with Crippen LogP contribution in [0.15, 0.2) is 54.6 Å². The van der Waals surface area contributed by atoms with E-state index in [2.05, 4.69) is 10.6 Å². The number of benzene rings is 2. The largest absolute Gasteiger partial charge is 0.497 e. The second-order valence-corrected chi connectivity index (χ2v) is 11.4. The number of hydrogen-bond acceptors (Lipinski definition) is 6. The molecule has 5 rings (SSSR count). The van der Waals surface area contributed by atoms with Crippen LogP contribution in [0.3, 0.4) is 0 Å². The number of fused-ring (bicyclic) bond motifs is 1. The molecule has 3 N–H and O–H groups in total. The number of thioether (sulfide) groups is 1. The molecule has 2 bridgehead atoms. The van der Waals surface area contributed by atoms with Gasteiger partial charge in [0.2, 0.25) is 17.7 Å². The highest BCUT2D eigenvalue weighted by Crippen LogP contribution is 2.66. The van der Waals surface area contributed by atoms with Gasteiger partial charge in [-0.3, -0.25) is 14.4 Å². The van der Waals surface area contributed by atoms with Crippen LogP contribution in [0.4, 0.5) is 5.69 Å². The summed E-state index contributed by atoms with van der Waals surface area (Å²) in [5, 5.41) is 15.9. The number of hydrogen-bond donors (Lipinski definition) is 3. The van der Waals surface area contributed by atoms with Gasteiger partial charge < -0.3 is 25.4 Å². The fraction of sp³-hybridized carbons (Fsp3) is 0.444. The summed E-state index contributed by atoms with van der Waals surface area (Å²) in [6, 6.07) is 15.4. The van der Waals surface area contributed by atoms with Crippen molar-refractivity contribution < 1.29 is 24.2 Å². The van der Waals surface area contributed by atoms with Gasteiger partial charge in [0.15, 0.2) is 0 Å². The van der Waals surface area contributed by atoms with Crippen molar-refractivity contribution in [2.24, 2.45) is 11.8 Å². The highest BCUT2D eigenvalue weighted by molar-refractivity contribution is 8.02. The number of ether oxygens (including phenoxy) is 1. The maximum atomic E-state index is 13.8. The molecule has 6 atom stereocenters. The highest BCUT2D eigenvalue weighted by Gasteiger charge is 2.74. The topological polar surface area (TPSA) is 108 Å². The molecule has 3 heterocycles. The summed E-state index contributed by atoms with van der Waals surface area (Å²) in [6.45, 7) is 1.87. The van der Waals surface area contributed by atoms with Gasteiger partial charge in [0, 0.05) is 17.5 Å². The minimum atomic E-state index is -0.777. The van der Waals surface area contributed by atoms with E-state index in [0.717, 1.165) is 12.0 Å². The molecule has 3 aliphatic rings. The number of rotatable bonds is 8. The van der Waals surface area contributed by atoms with Crippen molar-refractivity contribution in [3.63, 3.8) is 0 Å². The smallest absolute Gasteiger partial charge is 0.248 e. The predicted octanol–water partition coefficient (Wildman–Crippen LogP) is 2.42. The molecule has 2 aromatic carbocycles. The van der Waals surface area contributed by atoms with E-state index in [-0.39, 0.29) is 29.6 Å². The SMILES string of the molecule is COc1ccc(NC(=O)C2N([C@H](C)CO)C(=O)[C@@H]3[C@H](C(=O)NCc4ccccc4)[C@@H]4CCC23S4)cc1. The van der Waals surface area contributed by atoms with Crippen LogP contribution in [0.1, 0.15) is 25.3 Å². The van der Waals surface area contributed by atoms with Gasteiger partial charge in [-0.2, -0.15) is 0 Å². The summed E-state index contributed by atoms with van der Waals surface area (Å²) in [7, 11) is 1.57. The van der Waals surface area contributed by atoms with Crippen molar-refractivity contribution in [1.82, 2.24) is 10.2 Å². The molecule has 2 unspecified atom stereocenters. The second kappa shape index (κ2) is 9.78. The third-order valence-corrected chi connectivity index (χ3v) is 9.65. The first-order valence-corrected chi connectivity index (χ1v) is 13.1. The number of methoxy groups -OCH3 is 1. The standard InChI is InChI=1S/C27H31N3O5S/c1-16(15-31)30-23(25(33)29-18-8-10-19(35-2)11-9-18)27-13-12-20(36-27)21(22(27)26(30)34)24(32)28-14-17-6-4-3-5-7-17/h3-11,16,20-23,31H,12-15H2,1-2H3,(H,28,32)(H,29,33)/t16-,20+,21-,22+,23?,27?/m1/s1. The maximum absolute atomic E-state index is 13.8. The van der Waals surface area contributed by atoms with Crippen LogP contribution in [-0.2, 0) is 20.9 Å². The molecule has 3 fully saturated rings. The Balaban J connectivity index is 1.42. The Hall–Kier alpha value is -3.04. The summed E-state index contributed by atoms with van der Waals surface area (Å²) in [5.74, 6) is -1.10. The van der Waals surface area contributed by atoms with E-state index in [4.69, 9.17) is 4.74 Å². The molecule has 3 saturated heterocycles. The zero-order valence-corrected chi connectivity index (χ0v) is 21.2. The Morgan fingerprint density at radius 2 is 1.89 bits per heavy atom.